The van der Waals surface area contributed by atoms with E-state index in [0.29, 0.717) is 6.61 Å². The molecule has 0 aliphatic heterocycles. The molecule has 0 bridgehead atoms. The van der Waals surface area contributed by atoms with Gasteiger partial charge in [-0.15, -0.1) is 0 Å². The lowest BCUT2D eigenvalue weighted by Crippen LogP contribution is -2.76. The molecular formula is C13H21NO5. The molecule has 6 heteroatoms. The summed E-state index contributed by atoms with van der Waals surface area (Å²) in [5.74, 6) is -1.08. The van der Waals surface area contributed by atoms with E-state index in [2.05, 4.69) is 11.9 Å². The number of carbonyl (C=O) groups is 2. The fourth-order valence-corrected chi connectivity index (χ4v) is 2.38. The molecular weight excluding hydrogens is 250 g/mol. The Morgan fingerprint density at radius 2 is 2.16 bits per heavy atom. The third-order valence-electron chi connectivity index (χ3n) is 3.78. The summed E-state index contributed by atoms with van der Waals surface area (Å²) in [7, 11) is 0. The lowest BCUT2D eigenvalue weighted by atomic mass is 9.54. The van der Waals surface area contributed by atoms with Crippen LogP contribution < -0.4 is 5.32 Å². The smallest absolute Gasteiger partial charge is 0.408 e. The summed E-state index contributed by atoms with van der Waals surface area (Å²) >= 11 is 0. The van der Waals surface area contributed by atoms with Crippen LogP contribution in [0, 0.1) is 5.41 Å². The van der Waals surface area contributed by atoms with Crippen LogP contribution in [0.25, 0.3) is 0 Å². The van der Waals surface area contributed by atoms with E-state index in [9.17, 15) is 14.7 Å². The maximum atomic E-state index is 11.6. The Morgan fingerprint density at radius 3 is 2.58 bits per heavy atom. The number of hydrogen-bond donors (Lipinski definition) is 2. The molecule has 1 fully saturated rings. The Balaban J connectivity index is 2.81. The van der Waals surface area contributed by atoms with Gasteiger partial charge in [-0.25, -0.2) is 9.59 Å². The van der Waals surface area contributed by atoms with Crippen LogP contribution in [-0.4, -0.2) is 42.0 Å². The number of carbonyl (C=O) groups excluding carboxylic acids is 1. The molecule has 1 aliphatic carbocycles. The quantitative estimate of drug-likeness (QED) is 0.716. The molecule has 0 heterocycles. The number of ether oxygens (including phenoxy) is 2. The molecule has 0 aromatic rings. The van der Waals surface area contributed by atoms with Crippen molar-refractivity contribution in [3.05, 3.63) is 12.7 Å². The molecule has 19 heavy (non-hydrogen) atoms. The third-order valence-corrected chi connectivity index (χ3v) is 3.78. The molecule has 1 aliphatic rings. The Hall–Kier alpha value is -1.56. The maximum Gasteiger partial charge on any atom is 0.408 e. The van der Waals surface area contributed by atoms with E-state index in [1.54, 1.807) is 13.8 Å². The van der Waals surface area contributed by atoms with E-state index in [-0.39, 0.29) is 19.1 Å². The van der Waals surface area contributed by atoms with Gasteiger partial charge in [-0.05, 0) is 6.92 Å². The van der Waals surface area contributed by atoms with E-state index in [4.69, 9.17) is 9.47 Å². The Kier molecular flexibility index (Phi) is 4.57. The van der Waals surface area contributed by atoms with Crippen LogP contribution in [-0.2, 0) is 14.3 Å². The SMILES string of the molecule is C=CCOC(=O)NC1(C(=O)O)CC(OCC)C1(C)C. The molecule has 0 saturated heterocycles. The van der Waals surface area contributed by atoms with Gasteiger partial charge >= 0.3 is 12.1 Å². The van der Waals surface area contributed by atoms with Crippen molar-refractivity contribution < 1.29 is 24.2 Å². The van der Waals surface area contributed by atoms with Gasteiger partial charge < -0.3 is 19.9 Å². The fourth-order valence-electron chi connectivity index (χ4n) is 2.38. The van der Waals surface area contributed by atoms with E-state index >= 15 is 0 Å². The third kappa shape index (κ3) is 2.58. The predicted octanol–water partition coefficient (Wildman–Crippen LogP) is 1.56. The van der Waals surface area contributed by atoms with E-state index in [0.717, 1.165) is 0 Å². The van der Waals surface area contributed by atoms with Gasteiger partial charge in [-0.1, -0.05) is 26.5 Å². The van der Waals surface area contributed by atoms with Crippen LogP contribution in [0.1, 0.15) is 27.2 Å². The minimum Gasteiger partial charge on any atom is -0.479 e. The van der Waals surface area contributed by atoms with E-state index in [1.165, 1.54) is 6.08 Å². The van der Waals surface area contributed by atoms with Crippen molar-refractivity contribution in [3.63, 3.8) is 0 Å². The zero-order valence-corrected chi connectivity index (χ0v) is 11.6. The normalized spacial score (nSPS) is 28.1. The number of alkyl carbamates (subject to hydrolysis) is 1. The molecule has 0 spiro atoms. The highest BCUT2D eigenvalue weighted by Gasteiger charge is 2.66. The van der Waals surface area contributed by atoms with Crippen molar-refractivity contribution in [1.82, 2.24) is 5.32 Å². The van der Waals surface area contributed by atoms with Crippen LogP contribution in [0.5, 0.6) is 0 Å². The van der Waals surface area contributed by atoms with Crippen molar-refractivity contribution in [1.29, 1.82) is 0 Å². The molecule has 2 N–H and O–H groups in total. The maximum absolute atomic E-state index is 11.6. The summed E-state index contributed by atoms with van der Waals surface area (Å²) in [4.78, 5) is 23.1. The second-order valence-corrected chi connectivity index (χ2v) is 5.09. The van der Waals surface area contributed by atoms with Crippen LogP contribution in [0.2, 0.25) is 0 Å². The van der Waals surface area contributed by atoms with Gasteiger partial charge in [0.15, 0.2) is 5.54 Å². The largest absolute Gasteiger partial charge is 0.479 e. The minimum atomic E-state index is -1.36. The number of carboxylic acid groups (broad SMARTS) is 1. The number of rotatable bonds is 6. The van der Waals surface area contributed by atoms with E-state index in [1.807, 2.05) is 6.92 Å². The number of carboxylic acids is 1. The highest BCUT2D eigenvalue weighted by molar-refractivity contribution is 5.87. The van der Waals surface area contributed by atoms with Crippen LogP contribution >= 0.6 is 0 Å². The monoisotopic (exact) mass is 271 g/mol. The van der Waals surface area contributed by atoms with Gasteiger partial charge in [0, 0.05) is 18.4 Å². The number of nitrogens with one attached hydrogen (secondary N) is 1. The molecule has 1 rings (SSSR count). The molecule has 2 atom stereocenters. The van der Waals surface area contributed by atoms with Gasteiger partial charge in [-0.3, -0.25) is 0 Å². The summed E-state index contributed by atoms with van der Waals surface area (Å²) in [5.41, 5.74) is -2.06. The summed E-state index contributed by atoms with van der Waals surface area (Å²) in [6.45, 7) is 9.34. The van der Waals surface area contributed by atoms with Crippen molar-refractivity contribution in [3.8, 4) is 0 Å². The molecule has 2 unspecified atom stereocenters. The van der Waals surface area contributed by atoms with Crippen LogP contribution in [0.15, 0.2) is 12.7 Å². The lowest BCUT2D eigenvalue weighted by Gasteiger charge is -2.57. The molecule has 1 saturated carbocycles. The van der Waals surface area contributed by atoms with Crippen LogP contribution in [0.3, 0.4) is 0 Å². The first-order valence-electron chi connectivity index (χ1n) is 6.22. The zero-order chi connectivity index (χ0) is 14.7. The number of hydrogen-bond acceptors (Lipinski definition) is 4. The van der Waals surface area contributed by atoms with Crippen LogP contribution in [0.4, 0.5) is 4.79 Å². The van der Waals surface area contributed by atoms with Gasteiger partial charge in [-0.2, -0.15) is 0 Å². The second-order valence-electron chi connectivity index (χ2n) is 5.09. The average molecular weight is 271 g/mol. The molecule has 0 aromatic heterocycles. The van der Waals surface area contributed by atoms with Crippen molar-refractivity contribution in [2.45, 2.75) is 38.8 Å². The molecule has 6 nitrogen and oxygen atoms in total. The zero-order valence-electron chi connectivity index (χ0n) is 11.6. The van der Waals surface area contributed by atoms with Gasteiger partial charge in [0.25, 0.3) is 0 Å². The predicted molar refractivity (Wildman–Crippen MR) is 68.9 cm³/mol. The Bertz CT molecular complexity index is 379. The summed E-state index contributed by atoms with van der Waals surface area (Å²) in [6, 6.07) is 0. The molecule has 0 aromatic carbocycles. The topological polar surface area (TPSA) is 84.9 Å². The first-order valence-corrected chi connectivity index (χ1v) is 6.22. The first-order chi connectivity index (χ1) is 8.81. The fraction of sp³-hybridized carbons (Fsp3) is 0.692. The highest BCUT2D eigenvalue weighted by Crippen LogP contribution is 2.51. The van der Waals surface area contributed by atoms with Gasteiger partial charge in [0.05, 0.1) is 6.10 Å². The minimum absolute atomic E-state index is 0.0385. The number of aliphatic carboxylic acids is 1. The molecule has 0 radical (unpaired) electrons. The number of amides is 1. The van der Waals surface area contributed by atoms with Crippen molar-refractivity contribution in [2.24, 2.45) is 5.41 Å². The van der Waals surface area contributed by atoms with E-state index < -0.39 is 23.0 Å². The van der Waals surface area contributed by atoms with Crippen molar-refractivity contribution >= 4 is 12.1 Å². The second kappa shape index (κ2) is 5.61. The first kappa shape index (κ1) is 15.5. The Morgan fingerprint density at radius 1 is 1.53 bits per heavy atom. The Labute approximate surface area is 112 Å². The summed E-state index contributed by atoms with van der Waals surface area (Å²) in [6.07, 6.45) is 0.688. The summed E-state index contributed by atoms with van der Waals surface area (Å²) < 4.78 is 10.3. The molecule has 108 valence electrons. The average Bonchev–Trinajstić information content (AvgIpc) is 2.34. The van der Waals surface area contributed by atoms with Crippen molar-refractivity contribution in [2.75, 3.05) is 13.2 Å². The highest BCUT2D eigenvalue weighted by atomic mass is 16.5. The van der Waals surface area contributed by atoms with Gasteiger partial charge in [0.1, 0.15) is 6.61 Å². The molecule has 1 amide bonds. The summed E-state index contributed by atoms with van der Waals surface area (Å²) in [5, 5.41) is 11.9. The standard InChI is InChI=1S/C13H21NO5/c1-5-7-19-11(17)14-13(10(15)16)8-9(18-6-2)12(13,3)4/h5,9H,1,6-8H2,2-4H3,(H,14,17)(H,15,16). The lowest BCUT2D eigenvalue weighted by molar-refractivity contribution is -0.191. The van der Waals surface area contributed by atoms with Gasteiger partial charge in [0.2, 0.25) is 0 Å².